The van der Waals surface area contributed by atoms with E-state index in [1.807, 2.05) is 12.1 Å². The third-order valence-electron chi connectivity index (χ3n) is 6.30. The molecule has 2 aliphatic heterocycles. The summed E-state index contributed by atoms with van der Waals surface area (Å²) in [4.78, 5) is 18.9. The number of methoxy groups -OCH3 is 2. The number of carbonyl (C=O) groups is 1. The molecule has 1 N–H and O–H groups in total. The van der Waals surface area contributed by atoms with Gasteiger partial charge in [-0.25, -0.2) is 5.43 Å². The van der Waals surface area contributed by atoms with Gasteiger partial charge in [0.15, 0.2) is 11.5 Å². The van der Waals surface area contributed by atoms with E-state index in [9.17, 15) is 4.79 Å². The van der Waals surface area contributed by atoms with Crippen molar-refractivity contribution in [3.05, 3.63) is 53.1 Å². The summed E-state index contributed by atoms with van der Waals surface area (Å²) < 4.78 is 11.0. The van der Waals surface area contributed by atoms with Crippen LogP contribution in [0.4, 0.5) is 10.5 Å². The van der Waals surface area contributed by atoms with Gasteiger partial charge in [0.05, 0.1) is 19.9 Å². The van der Waals surface area contributed by atoms with Gasteiger partial charge in [-0.1, -0.05) is 38.1 Å². The van der Waals surface area contributed by atoms with E-state index in [2.05, 4.69) is 53.5 Å². The van der Waals surface area contributed by atoms with E-state index in [0.29, 0.717) is 23.2 Å². The van der Waals surface area contributed by atoms with Gasteiger partial charge in [-0.2, -0.15) is 5.10 Å². The van der Waals surface area contributed by atoms with E-state index in [1.54, 1.807) is 14.2 Å². The van der Waals surface area contributed by atoms with Crippen molar-refractivity contribution in [3.63, 3.8) is 0 Å². The highest BCUT2D eigenvalue weighted by atomic mass is 32.2. The lowest BCUT2D eigenvalue weighted by molar-refractivity contribution is 0.261. The summed E-state index contributed by atoms with van der Waals surface area (Å²) in [7, 11) is 3.30. The summed E-state index contributed by atoms with van der Waals surface area (Å²) in [6, 6.07) is 12.5. The van der Waals surface area contributed by atoms with Crippen molar-refractivity contribution in [2.75, 3.05) is 38.0 Å². The molecule has 0 saturated heterocycles. The van der Waals surface area contributed by atoms with Gasteiger partial charge in [-0.3, -0.25) is 9.79 Å². The van der Waals surface area contributed by atoms with Crippen LogP contribution in [0.2, 0.25) is 0 Å². The zero-order valence-corrected chi connectivity index (χ0v) is 21.1. The lowest BCUT2D eigenvalue weighted by Crippen LogP contribution is -2.37. The lowest BCUT2D eigenvalue weighted by Gasteiger charge is -2.33. The Morgan fingerprint density at radius 1 is 1.21 bits per heavy atom. The molecule has 4 rings (SSSR count). The highest BCUT2D eigenvalue weighted by Gasteiger charge is 2.25. The molecule has 34 heavy (non-hydrogen) atoms. The zero-order chi connectivity index (χ0) is 24.1. The Morgan fingerprint density at radius 2 is 2.03 bits per heavy atom. The molecular weight excluding hydrogens is 448 g/mol. The third-order valence-corrected chi connectivity index (χ3v) is 7.07. The minimum Gasteiger partial charge on any atom is -0.493 e. The summed E-state index contributed by atoms with van der Waals surface area (Å²) in [6.07, 6.45) is 3.11. The van der Waals surface area contributed by atoms with Crippen molar-refractivity contribution in [3.8, 4) is 11.5 Å². The van der Waals surface area contributed by atoms with Crippen LogP contribution in [0.1, 0.15) is 43.4 Å². The Hall–Kier alpha value is -3.00. The van der Waals surface area contributed by atoms with Crippen molar-refractivity contribution in [2.45, 2.75) is 33.1 Å². The SMILES string of the molecule is CCC(C)CN=C(c1ccc(OC)c(OC)c1)N1CCCc2cc(C3=NNC(=O)SC3)ccc21. The number of nitrogens with one attached hydrogen (secondary N) is 1. The van der Waals surface area contributed by atoms with Crippen molar-refractivity contribution in [2.24, 2.45) is 16.0 Å². The van der Waals surface area contributed by atoms with Gasteiger partial charge in [-0.05, 0) is 60.2 Å². The Balaban J connectivity index is 1.72. The van der Waals surface area contributed by atoms with Crippen LogP contribution < -0.4 is 19.8 Å². The Bertz CT molecular complexity index is 1120. The molecule has 1 amide bonds. The van der Waals surface area contributed by atoms with Gasteiger partial charge in [0, 0.05) is 30.1 Å². The molecule has 0 spiro atoms. The maximum absolute atomic E-state index is 11.5. The fourth-order valence-electron chi connectivity index (χ4n) is 4.14. The molecule has 0 bridgehead atoms. The van der Waals surface area contributed by atoms with E-state index in [4.69, 9.17) is 14.5 Å². The number of hydrazone groups is 1. The smallest absolute Gasteiger partial charge is 0.299 e. The average Bonchev–Trinajstić information content (AvgIpc) is 2.88. The lowest BCUT2D eigenvalue weighted by atomic mass is 9.96. The van der Waals surface area contributed by atoms with Crippen LogP contribution in [-0.2, 0) is 6.42 Å². The fourth-order valence-corrected chi connectivity index (χ4v) is 4.74. The first-order chi connectivity index (χ1) is 16.5. The first-order valence-corrected chi connectivity index (χ1v) is 12.7. The van der Waals surface area contributed by atoms with Crippen LogP contribution in [0.25, 0.3) is 0 Å². The van der Waals surface area contributed by atoms with Gasteiger partial charge in [0.2, 0.25) is 0 Å². The first-order valence-electron chi connectivity index (χ1n) is 11.7. The number of rotatable bonds is 7. The largest absolute Gasteiger partial charge is 0.493 e. The second kappa shape index (κ2) is 11.0. The maximum atomic E-state index is 11.5. The summed E-state index contributed by atoms with van der Waals surface area (Å²) in [5, 5.41) is 4.15. The molecule has 8 heteroatoms. The highest BCUT2D eigenvalue weighted by Crippen LogP contribution is 2.33. The van der Waals surface area contributed by atoms with Crippen molar-refractivity contribution < 1.29 is 14.3 Å². The van der Waals surface area contributed by atoms with Gasteiger partial charge in [0.1, 0.15) is 5.84 Å². The number of amidine groups is 1. The van der Waals surface area contributed by atoms with Gasteiger partial charge >= 0.3 is 0 Å². The number of carbonyl (C=O) groups excluding carboxylic acids is 1. The zero-order valence-electron chi connectivity index (χ0n) is 20.3. The molecule has 2 aromatic carbocycles. The number of aliphatic imine (C=N–C) groups is 1. The third kappa shape index (κ3) is 5.22. The molecule has 2 heterocycles. The van der Waals surface area contributed by atoms with Crippen LogP contribution in [0.5, 0.6) is 11.5 Å². The summed E-state index contributed by atoms with van der Waals surface area (Å²) >= 11 is 1.25. The summed E-state index contributed by atoms with van der Waals surface area (Å²) in [5.74, 6) is 3.43. The van der Waals surface area contributed by atoms with Gasteiger partial charge in [-0.15, -0.1) is 0 Å². The summed E-state index contributed by atoms with van der Waals surface area (Å²) in [6.45, 7) is 6.08. The molecule has 0 radical (unpaired) electrons. The van der Waals surface area contributed by atoms with Crippen LogP contribution >= 0.6 is 11.8 Å². The predicted octanol–water partition coefficient (Wildman–Crippen LogP) is 5.11. The highest BCUT2D eigenvalue weighted by molar-refractivity contribution is 8.14. The van der Waals surface area contributed by atoms with Crippen molar-refractivity contribution >= 4 is 34.2 Å². The minimum atomic E-state index is -0.107. The van der Waals surface area contributed by atoms with E-state index in [1.165, 1.54) is 23.0 Å². The molecule has 0 saturated carbocycles. The molecule has 0 fully saturated rings. The molecule has 1 atom stereocenters. The molecule has 0 aromatic heterocycles. The molecule has 7 nitrogen and oxygen atoms in total. The van der Waals surface area contributed by atoms with Crippen molar-refractivity contribution in [1.29, 1.82) is 0 Å². The standard InChI is InChI=1S/C26H32N4O3S/c1-5-17(2)15-27-25(20-9-11-23(32-3)24(14-20)33-4)30-12-6-7-19-13-18(8-10-22(19)30)21-16-34-26(31)29-28-21/h8-11,13-14,17H,5-7,12,15-16H2,1-4H3,(H,29,31). The quantitative estimate of drug-likeness (QED) is 0.440. The van der Waals surface area contributed by atoms with Gasteiger partial charge < -0.3 is 14.4 Å². The van der Waals surface area contributed by atoms with Crippen LogP contribution in [0.15, 0.2) is 46.5 Å². The number of hydrogen-bond acceptors (Lipinski definition) is 6. The Labute approximate surface area is 205 Å². The second-order valence-corrected chi connectivity index (χ2v) is 9.54. The number of thioether (sulfide) groups is 1. The van der Waals surface area contributed by atoms with Gasteiger partial charge in [0.25, 0.3) is 5.24 Å². The maximum Gasteiger partial charge on any atom is 0.299 e. The monoisotopic (exact) mass is 480 g/mol. The normalized spacial score (nSPS) is 16.9. The number of anilines is 1. The molecule has 0 aliphatic carbocycles. The number of benzene rings is 2. The fraction of sp³-hybridized carbons (Fsp3) is 0.423. The van der Waals surface area contributed by atoms with Crippen LogP contribution in [0.3, 0.4) is 0 Å². The van der Waals surface area contributed by atoms with Crippen molar-refractivity contribution in [1.82, 2.24) is 5.43 Å². The topological polar surface area (TPSA) is 75.5 Å². The number of nitrogens with zero attached hydrogens (tertiary/aromatic N) is 3. The minimum absolute atomic E-state index is 0.107. The predicted molar refractivity (Wildman–Crippen MR) is 140 cm³/mol. The Morgan fingerprint density at radius 3 is 2.74 bits per heavy atom. The molecule has 2 aliphatic rings. The van der Waals surface area contributed by atoms with Crippen LogP contribution in [-0.4, -0.2) is 49.8 Å². The number of aryl methyl sites for hydroxylation is 1. The van der Waals surface area contributed by atoms with E-state index in [0.717, 1.165) is 55.0 Å². The molecule has 1 unspecified atom stereocenters. The van der Waals surface area contributed by atoms with E-state index < -0.39 is 0 Å². The van der Waals surface area contributed by atoms with E-state index in [-0.39, 0.29) is 5.24 Å². The molecule has 180 valence electrons. The first kappa shape index (κ1) is 24.1. The number of amides is 1. The number of ether oxygens (including phenoxy) is 2. The molecular formula is C26H32N4O3S. The van der Waals surface area contributed by atoms with Crippen LogP contribution in [0, 0.1) is 5.92 Å². The average molecular weight is 481 g/mol. The summed E-state index contributed by atoms with van der Waals surface area (Å²) in [5.41, 5.74) is 7.97. The second-order valence-electron chi connectivity index (χ2n) is 8.59. The van der Waals surface area contributed by atoms with E-state index >= 15 is 0 Å². The number of fused-ring (bicyclic) bond motifs is 1. The Kier molecular flexibility index (Phi) is 7.77. The molecule has 2 aromatic rings. The number of hydrogen-bond donors (Lipinski definition) is 1.